The largest absolute Gasteiger partial charge is 0.488 e. The molecule has 2 aromatic rings. The fraction of sp³-hybridized carbons (Fsp3) is 0.556. The van der Waals surface area contributed by atoms with E-state index < -0.39 is 0 Å². The molecule has 4 rings (SSSR count). The Morgan fingerprint density at radius 3 is 3.04 bits per heavy atom. The van der Waals surface area contributed by atoms with Crippen LogP contribution in [0.1, 0.15) is 50.1 Å². The van der Waals surface area contributed by atoms with Crippen LogP contribution in [0.25, 0.3) is 0 Å². The molecule has 0 unspecified atom stereocenters. The summed E-state index contributed by atoms with van der Waals surface area (Å²) >= 11 is 0. The molecular weight excluding hydrogens is 288 g/mol. The highest BCUT2D eigenvalue weighted by atomic mass is 16.5. The summed E-state index contributed by atoms with van der Waals surface area (Å²) in [7, 11) is 0. The molecule has 0 saturated carbocycles. The Balaban J connectivity index is 1.44. The predicted molar refractivity (Wildman–Crippen MR) is 89.8 cm³/mol. The first-order valence-electron chi connectivity index (χ1n) is 8.57. The van der Waals surface area contributed by atoms with Crippen LogP contribution in [0.3, 0.4) is 0 Å². The zero-order valence-corrected chi connectivity index (χ0v) is 13.9. The number of hydrogen-bond donors (Lipinski definition) is 1. The molecule has 5 heteroatoms. The van der Waals surface area contributed by atoms with Crippen LogP contribution in [-0.2, 0) is 25.9 Å². The first-order chi connectivity index (χ1) is 11.1. The predicted octanol–water partition coefficient (Wildman–Crippen LogP) is 3.33. The Morgan fingerprint density at radius 1 is 1.26 bits per heavy atom. The lowest BCUT2D eigenvalue weighted by atomic mass is 9.93. The minimum absolute atomic E-state index is 0.0494. The second-order valence-electron chi connectivity index (χ2n) is 7.19. The smallest absolute Gasteiger partial charge is 0.242 e. The maximum Gasteiger partial charge on any atom is 0.242 e. The number of nitrogens with zero attached hydrogens (tertiary/aromatic N) is 3. The van der Waals surface area contributed by atoms with Crippen LogP contribution in [0.4, 0.5) is 5.95 Å². The average Bonchev–Trinajstić information content (AvgIpc) is 2.95. The zero-order valence-electron chi connectivity index (χ0n) is 13.9. The van der Waals surface area contributed by atoms with Crippen LogP contribution in [-0.4, -0.2) is 20.4 Å². The van der Waals surface area contributed by atoms with Crippen LogP contribution < -0.4 is 10.1 Å². The fourth-order valence-corrected chi connectivity index (χ4v) is 3.36. The molecule has 0 aliphatic carbocycles. The quantitative estimate of drug-likeness (QED) is 0.944. The summed E-state index contributed by atoms with van der Waals surface area (Å²) in [5.74, 6) is 2.89. The van der Waals surface area contributed by atoms with E-state index in [1.807, 2.05) is 4.68 Å². The third kappa shape index (κ3) is 3.05. The summed E-state index contributed by atoms with van der Waals surface area (Å²) in [5, 5.41) is 7.90. The van der Waals surface area contributed by atoms with Crippen molar-refractivity contribution in [2.75, 3.05) is 5.32 Å². The molecule has 23 heavy (non-hydrogen) atoms. The number of aryl methyl sites for hydroxylation is 3. The Morgan fingerprint density at radius 2 is 2.17 bits per heavy atom. The van der Waals surface area contributed by atoms with Gasteiger partial charge in [-0.05, 0) is 56.7 Å². The number of ether oxygens (including phenoxy) is 1. The van der Waals surface area contributed by atoms with Gasteiger partial charge in [0.2, 0.25) is 5.95 Å². The highest BCUT2D eigenvalue weighted by molar-refractivity contribution is 5.40. The van der Waals surface area contributed by atoms with Crippen LogP contribution in [0.2, 0.25) is 0 Å². The van der Waals surface area contributed by atoms with Gasteiger partial charge in [-0.1, -0.05) is 12.1 Å². The molecule has 1 aromatic heterocycles. The van der Waals surface area contributed by atoms with Gasteiger partial charge in [-0.3, -0.25) is 0 Å². The summed E-state index contributed by atoms with van der Waals surface area (Å²) in [6.45, 7) is 6.05. The van der Waals surface area contributed by atoms with Crippen LogP contribution in [0.15, 0.2) is 18.2 Å². The fourth-order valence-electron chi connectivity index (χ4n) is 3.36. The van der Waals surface area contributed by atoms with Crippen molar-refractivity contribution in [2.24, 2.45) is 0 Å². The zero-order chi connectivity index (χ0) is 15.9. The van der Waals surface area contributed by atoms with Crippen LogP contribution in [0.5, 0.6) is 5.75 Å². The number of aromatic nitrogens is 3. The lowest BCUT2D eigenvalue weighted by molar-refractivity contribution is 0.0846. The lowest BCUT2D eigenvalue weighted by Gasteiger charge is -2.32. The maximum absolute atomic E-state index is 6.04. The van der Waals surface area contributed by atoms with Gasteiger partial charge in [0.25, 0.3) is 0 Å². The topological polar surface area (TPSA) is 52.0 Å². The summed E-state index contributed by atoms with van der Waals surface area (Å²) in [5.41, 5.74) is 2.51. The Kier molecular flexibility index (Phi) is 3.51. The first kappa shape index (κ1) is 14.5. The molecule has 122 valence electrons. The van der Waals surface area contributed by atoms with E-state index in [0.717, 1.165) is 49.9 Å². The van der Waals surface area contributed by atoms with Gasteiger partial charge in [-0.2, -0.15) is 4.98 Å². The van der Waals surface area contributed by atoms with Gasteiger partial charge in [-0.25, -0.2) is 4.68 Å². The standard InChI is InChI=1S/C18H24N4O/c1-18(2)9-8-14-11-13(6-7-15(14)23-18)12-19-17-20-16-5-3-4-10-22(16)21-17/h6-7,11H,3-5,8-10,12H2,1-2H3,(H,19,21). The Labute approximate surface area is 137 Å². The molecule has 0 atom stereocenters. The molecule has 3 heterocycles. The van der Waals surface area contributed by atoms with E-state index in [1.54, 1.807) is 0 Å². The van der Waals surface area contributed by atoms with Gasteiger partial charge in [-0.15, -0.1) is 5.10 Å². The molecule has 0 bridgehead atoms. The van der Waals surface area contributed by atoms with E-state index in [-0.39, 0.29) is 5.60 Å². The summed E-state index contributed by atoms with van der Waals surface area (Å²) in [6.07, 6.45) is 5.61. The summed E-state index contributed by atoms with van der Waals surface area (Å²) in [6, 6.07) is 6.47. The molecule has 0 fully saturated rings. The molecular formula is C18H24N4O. The molecule has 0 saturated heterocycles. The van der Waals surface area contributed by atoms with Gasteiger partial charge in [0.1, 0.15) is 17.2 Å². The molecule has 2 aliphatic rings. The molecule has 5 nitrogen and oxygen atoms in total. The normalized spacial score (nSPS) is 18.7. The minimum Gasteiger partial charge on any atom is -0.488 e. The maximum atomic E-state index is 6.04. The second-order valence-corrected chi connectivity index (χ2v) is 7.19. The number of fused-ring (bicyclic) bond motifs is 2. The van der Waals surface area contributed by atoms with E-state index in [0.29, 0.717) is 0 Å². The third-order valence-electron chi connectivity index (χ3n) is 4.73. The first-order valence-corrected chi connectivity index (χ1v) is 8.57. The van der Waals surface area contributed by atoms with Crippen molar-refractivity contribution < 1.29 is 4.74 Å². The van der Waals surface area contributed by atoms with Crippen LogP contribution >= 0.6 is 0 Å². The van der Waals surface area contributed by atoms with Crippen molar-refractivity contribution in [1.29, 1.82) is 0 Å². The van der Waals surface area contributed by atoms with Gasteiger partial charge < -0.3 is 10.1 Å². The molecule has 0 radical (unpaired) electrons. The van der Waals surface area contributed by atoms with Gasteiger partial charge in [0, 0.05) is 19.5 Å². The summed E-state index contributed by atoms with van der Waals surface area (Å²) < 4.78 is 8.08. The number of anilines is 1. The number of hydrogen-bond acceptors (Lipinski definition) is 4. The van der Waals surface area contributed by atoms with Crippen molar-refractivity contribution in [2.45, 2.75) is 64.6 Å². The average molecular weight is 312 g/mol. The Hall–Kier alpha value is -2.04. The van der Waals surface area contributed by atoms with Crippen molar-refractivity contribution >= 4 is 5.95 Å². The van der Waals surface area contributed by atoms with E-state index in [9.17, 15) is 0 Å². The van der Waals surface area contributed by atoms with E-state index in [4.69, 9.17) is 4.74 Å². The lowest BCUT2D eigenvalue weighted by Crippen LogP contribution is -2.32. The van der Waals surface area contributed by atoms with E-state index in [1.165, 1.54) is 24.0 Å². The van der Waals surface area contributed by atoms with E-state index >= 15 is 0 Å². The van der Waals surface area contributed by atoms with Crippen LogP contribution in [0, 0.1) is 0 Å². The number of benzene rings is 1. The number of nitrogens with one attached hydrogen (secondary N) is 1. The molecule has 1 N–H and O–H groups in total. The van der Waals surface area contributed by atoms with Gasteiger partial charge >= 0.3 is 0 Å². The van der Waals surface area contributed by atoms with E-state index in [2.05, 4.69) is 47.4 Å². The highest BCUT2D eigenvalue weighted by Crippen LogP contribution is 2.33. The van der Waals surface area contributed by atoms with Crippen molar-refractivity contribution in [3.8, 4) is 5.75 Å². The number of rotatable bonds is 3. The molecule has 0 amide bonds. The monoisotopic (exact) mass is 312 g/mol. The summed E-state index contributed by atoms with van der Waals surface area (Å²) in [4.78, 5) is 4.59. The van der Waals surface area contributed by atoms with Crippen molar-refractivity contribution in [1.82, 2.24) is 14.8 Å². The SMILES string of the molecule is CC1(C)CCc2cc(CNc3nc4n(n3)CCCC4)ccc2O1. The highest BCUT2D eigenvalue weighted by Gasteiger charge is 2.26. The second kappa shape index (κ2) is 5.55. The Bertz CT molecular complexity index is 696. The minimum atomic E-state index is -0.0494. The van der Waals surface area contributed by atoms with Gasteiger partial charge in [0.15, 0.2) is 0 Å². The molecule has 2 aliphatic heterocycles. The van der Waals surface area contributed by atoms with Crippen molar-refractivity contribution in [3.63, 3.8) is 0 Å². The molecule has 1 aromatic carbocycles. The third-order valence-corrected chi connectivity index (χ3v) is 4.73. The molecule has 0 spiro atoms. The van der Waals surface area contributed by atoms with Gasteiger partial charge in [0.05, 0.1) is 0 Å². The van der Waals surface area contributed by atoms with Crippen molar-refractivity contribution in [3.05, 3.63) is 35.2 Å².